The maximum atomic E-state index is 5.84. The highest BCUT2D eigenvalue weighted by Gasteiger charge is 2.36. The fourth-order valence-corrected chi connectivity index (χ4v) is 3.29. The molecule has 2 aliphatic rings. The van der Waals surface area contributed by atoms with Crippen LogP contribution in [0.2, 0.25) is 0 Å². The zero-order valence-corrected chi connectivity index (χ0v) is 11.8. The molecule has 3 unspecified atom stereocenters. The van der Waals surface area contributed by atoms with Crippen LogP contribution in [0.15, 0.2) is 0 Å². The Kier molecular flexibility index (Phi) is 4.11. The number of ether oxygens (including phenoxy) is 1. The lowest BCUT2D eigenvalue weighted by atomic mass is 9.90. The van der Waals surface area contributed by atoms with Gasteiger partial charge in [0.1, 0.15) is 0 Å². The van der Waals surface area contributed by atoms with Gasteiger partial charge in [0.05, 0.1) is 5.60 Å². The van der Waals surface area contributed by atoms with E-state index in [9.17, 15) is 0 Å². The predicted octanol–water partition coefficient (Wildman–Crippen LogP) is 2.02. The van der Waals surface area contributed by atoms with Crippen LogP contribution in [0.25, 0.3) is 0 Å². The highest BCUT2D eigenvalue weighted by molar-refractivity contribution is 4.92. The van der Waals surface area contributed by atoms with E-state index in [4.69, 9.17) is 4.74 Å². The Hall–Kier alpha value is -0.120. The van der Waals surface area contributed by atoms with Crippen LogP contribution in [-0.4, -0.2) is 48.3 Å². The lowest BCUT2D eigenvalue weighted by molar-refractivity contribution is -0.0937. The number of piperazine rings is 1. The first kappa shape index (κ1) is 13.3. The monoisotopic (exact) mass is 240 g/mol. The van der Waals surface area contributed by atoms with E-state index in [1.54, 1.807) is 0 Å². The molecule has 100 valence electrons. The van der Waals surface area contributed by atoms with E-state index in [0.717, 1.165) is 13.2 Å². The van der Waals surface area contributed by atoms with Crippen molar-refractivity contribution in [3.63, 3.8) is 0 Å². The summed E-state index contributed by atoms with van der Waals surface area (Å²) in [6.45, 7) is 12.3. The second-order valence-corrected chi connectivity index (χ2v) is 6.32. The SMILES string of the molecule is CCC1CNC(C)CN1C1CCOC(C)(C)C1. The molecule has 2 aliphatic heterocycles. The third-order valence-electron chi connectivity index (χ3n) is 4.27. The van der Waals surface area contributed by atoms with Crippen LogP contribution in [0.3, 0.4) is 0 Å². The molecule has 0 radical (unpaired) electrons. The molecule has 0 amide bonds. The van der Waals surface area contributed by atoms with E-state index in [2.05, 4.69) is 37.9 Å². The molecule has 2 rings (SSSR count). The highest BCUT2D eigenvalue weighted by atomic mass is 16.5. The van der Waals surface area contributed by atoms with Gasteiger partial charge in [-0.1, -0.05) is 6.92 Å². The van der Waals surface area contributed by atoms with Gasteiger partial charge in [-0.2, -0.15) is 0 Å². The summed E-state index contributed by atoms with van der Waals surface area (Å²) in [7, 11) is 0. The van der Waals surface area contributed by atoms with Crippen LogP contribution in [0.5, 0.6) is 0 Å². The molecule has 17 heavy (non-hydrogen) atoms. The Morgan fingerprint density at radius 3 is 2.82 bits per heavy atom. The largest absolute Gasteiger partial charge is 0.375 e. The van der Waals surface area contributed by atoms with Crippen molar-refractivity contribution >= 4 is 0 Å². The first-order valence-corrected chi connectivity index (χ1v) is 7.15. The van der Waals surface area contributed by atoms with Crippen LogP contribution in [0, 0.1) is 0 Å². The second kappa shape index (κ2) is 5.25. The number of hydrogen-bond donors (Lipinski definition) is 1. The van der Waals surface area contributed by atoms with Crippen LogP contribution in [0.4, 0.5) is 0 Å². The predicted molar refractivity (Wildman–Crippen MR) is 71.3 cm³/mol. The van der Waals surface area contributed by atoms with Gasteiger partial charge in [-0.3, -0.25) is 4.90 Å². The second-order valence-electron chi connectivity index (χ2n) is 6.32. The van der Waals surface area contributed by atoms with Gasteiger partial charge >= 0.3 is 0 Å². The van der Waals surface area contributed by atoms with E-state index in [1.807, 2.05) is 0 Å². The van der Waals surface area contributed by atoms with Gasteiger partial charge in [-0.25, -0.2) is 0 Å². The molecule has 0 aromatic heterocycles. The van der Waals surface area contributed by atoms with Crippen molar-refractivity contribution in [3.8, 4) is 0 Å². The molecule has 3 atom stereocenters. The van der Waals surface area contributed by atoms with E-state index < -0.39 is 0 Å². The molecule has 2 heterocycles. The van der Waals surface area contributed by atoms with E-state index >= 15 is 0 Å². The van der Waals surface area contributed by atoms with Gasteiger partial charge in [0, 0.05) is 37.8 Å². The fourth-order valence-electron chi connectivity index (χ4n) is 3.29. The Labute approximate surface area is 106 Å². The summed E-state index contributed by atoms with van der Waals surface area (Å²) in [6, 6.07) is 2.06. The van der Waals surface area contributed by atoms with Gasteiger partial charge in [0.2, 0.25) is 0 Å². The summed E-state index contributed by atoms with van der Waals surface area (Å²) in [5.74, 6) is 0. The van der Waals surface area contributed by atoms with Crippen molar-refractivity contribution in [2.45, 2.75) is 70.7 Å². The third-order valence-corrected chi connectivity index (χ3v) is 4.27. The average Bonchev–Trinajstić information content (AvgIpc) is 2.27. The van der Waals surface area contributed by atoms with Crippen molar-refractivity contribution in [1.82, 2.24) is 10.2 Å². The first-order valence-electron chi connectivity index (χ1n) is 7.15. The minimum atomic E-state index is 0.0648. The Balaban J connectivity index is 2.02. The topological polar surface area (TPSA) is 24.5 Å². The van der Waals surface area contributed by atoms with Gasteiger partial charge in [-0.05, 0) is 40.0 Å². The molecular weight excluding hydrogens is 212 g/mol. The Morgan fingerprint density at radius 1 is 1.41 bits per heavy atom. The van der Waals surface area contributed by atoms with Crippen LogP contribution in [0.1, 0.15) is 47.0 Å². The van der Waals surface area contributed by atoms with Crippen molar-refractivity contribution < 1.29 is 4.74 Å². The molecule has 3 heteroatoms. The number of hydrogen-bond acceptors (Lipinski definition) is 3. The lowest BCUT2D eigenvalue weighted by Crippen LogP contribution is -2.60. The summed E-state index contributed by atoms with van der Waals surface area (Å²) in [5, 5.41) is 3.60. The van der Waals surface area contributed by atoms with E-state index in [0.29, 0.717) is 18.1 Å². The molecule has 3 nitrogen and oxygen atoms in total. The fraction of sp³-hybridized carbons (Fsp3) is 1.00. The van der Waals surface area contributed by atoms with Crippen molar-refractivity contribution in [2.24, 2.45) is 0 Å². The van der Waals surface area contributed by atoms with Crippen molar-refractivity contribution in [2.75, 3.05) is 19.7 Å². The molecule has 0 aromatic rings. The summed E-state index contributed by atoms with van der Waals surface area (Å²) in [4.78, 5) is 2.74. The number of rotatable bonds is 2. The third kappa shape index (κ3) is 3.21. The zero-order chi connectivity index (χ0) is 12.5. The lowest BCUT2D eigenvalue weighted by Gasteiger charge is -2.48. The molecular formula is C14H28N2O. The van der Waals surface area contributed by atoms with Gasteiger partial charge < -0.3 is 10.1 Å². The van der Waals surface area contributed by atoms with Gasteiger partial charge in [-0.15, -0.1) is 0 Å². The summed E-state index contributed by atoms with van der Waals surface area (Å²) in [6.07, 6.45) is 3.63. The maximum Gasteiger partial charge on any atom is 0.0641 e. The highest BCUT2D eigenvalue weighted by Crippen LogP contribution is 2.29. The molecule has 1 N–H and O–H groups in total. The van der Waals surface area contributed by atoms with Gasteiger partial charge in [0.15, 0.2) is 0 Å². The smallest absolute Gasteiger partial charge is 0.0641 e. The standard InChI is InChI=1S/C14H28N2O/c1-5-12-9-15-11(2)10-16(12)13-6-7-17-14(3,4)8-13/h11-13,15H,5-10H2,1-4H3. The number of nitrogens with one attached hydrogen (secondary N) is 1. The normalized spacial score (nSPS) is 39.2. The van der Waals surface area contributed by atoms with E-state index in [-0.39, 0.29) is 5.60 Å². The minimum Gasteiger partial charge on any atom is -0.375 e. The molecule has 0 aliphatic carbocycles. The van der Waals surface area contributed by atoms with Crippen LogP contribution < -0.4 is 5.32 Å². The Morgan fingerprint density at radius 2 is 2.18 bits per heavy atom. The van der Waals surface area contributed by atoms with Crippen molar-refractivity contribution in [1.29, 1.82) is 0 Å². The molecule has 0 saturated carbocycles. The van der Waals surface area contributed by atoms with Crippen LogP contribution in [-0.2, 0) is 4.74 Å². The number of nitrogens with zero attached hydrogens (tertiary/aromatic N) is 1. The average molecular weight is 240 g/mol. The minimum absolute atomic E-state index is 0.0648. The Bertz CT molecular complexity index is 255. The molecule has 0 bridgehead atoms. The van der Waals surface area contributed by atoms with Crippen LogP contribution >= 0.6 is 0 Å². The maximum absolute atomic E-state index is 5.84. The van der Waals surface area contributed by atoms with E-state index in [1.165, 1.54) is 25.8 Å². The quantitative estimate of drug-likeness (QED) is 0.799. The zero-order valence-electron chi connectivity index (χ0n) is 11.8. The molecule has 2 saturated heterocycles. The first-order chi connectivity index (χ1) is 8.02. The molecule has 2 fully saturated rings. The summed E-state index contributed by atoms with van der Waals surface area (Å²) in [5.41, 5.74) is 0.0648. The van der Waals surface area contributed by atoms with Crippen molar-refractivity contribution in [3.05, 3.63) is 0 Å². The molecule has 0 spiro atoms. The van der Waals surface area contributed by atoms with Gasteiger partial charge in [0.25, 0.3) is 0 Å². The summed E-state index contributed by atoms with van der Waals surface area (Å²) < 4.78 is 5.84. The summed E-state index contributed by atoms with van der Waals surface area (Å²) >= 11 is 0. The molecule has 0 aromatic carbocycles.